The minimum absolute atomic E-state index is 0.00230. The van der Waals surface area contributed by atoms with E-state index in [1.165, 1.54) is 12.0 Å². The monoisotopic (exact) mass is 711 g/mol. The van der Waals surface area contributed by atoms with Crippen LogP contribution in [-0.2, 0) is 33.4 Å². The standard InChI is InChI=1S/C36H67BN4O9/c1-13-23(6)33(39(9)36(45)26(21(2)3)18-28(42)32(38-8)22(4)5)29(49-11)19-31(43)41-20-25(48-10)17-27(41)34(50-12)24(7)35(44)40-16-14-15-30(40)37(46)47/h21-27,29-30,32-34,38,46-47H,13-20H2,1-12H3/t23-,24+,25+,26-,27-,29+,30-,32-,33-,34+/m0/s1. The van der Waals surface area contributed by atoms with E-state index >= 15 is 0 Å². The number of nitrogens with one attached hydrogen (secondary N) is 1. The number of ketones is 1. The van der Waals surface area contributed by atoms with Crippen molar-refractivity contribution in [1.82, 2.24) is 20.0 Å². The zero-order chi connectivity index (χ0) is 38.0. The molecule has 14 heteroatoms. The Kier molecular flexibility index (Phi) is 17.8. The van der Waals surface area contributed by atoms with E-state index in [1.54, 1.807) is 45.0 Å². The molecule has 2 aliphatic heterocycles. The van der Waals surface area contributed by atoms with E-state index < -0.39 is 49.2 Å². The number of methoxy groups -OCH3 is 3. The fraction of sp³-hybridized carbons (Fsp3) is 0.889. The minimum Gasteiger partial charge on any atom is -0.426 e. The van der Waals surface area contributed by atoms with Crippen molar-refractivity contribution in [3.05, 3.63) is 0 Å². The molecule has 3 N–H and O–H groups in total. The molecule has 0 aromatic heterocycles. The number of nitrogens with zero attached hydrogens (tertiary/aromatic N) is 3. The highest BCUT2D eigenvalue weighted by atomic mass is 16.5. The Hall–Kier alpha value is -2.10. The third-order valence-corrected chi connectivity index (χ3v) is 11.4. The Labute approximate surface area is 301 Å². The molecule has 3 amide bonds. The average Bonchev–Trinajstić information content (AvgIpc) is 3.74. The summed E-state index contributed by atoms with van der Waals surface area (Å²) >= 11 is 0. The summed E-state index contributed by atoms with van der Waals surface area (Å²) in [5, 5.41) is 22.9. The van der Waals surface area contributed by atoms with Gasteiger partial charge >= 0.3 is 7.12 Å². The second kappa shape index (κ2) is 20.2. The molecule has 0 radical (unpaired) electrons. The highest BCUT2D eigenvalue weighted by Gasteiger charge is 2.47. The van der Waals surface area contributed by atoms with Gasteiger partial charge in [-0.3, -0.25) is 19.2 Å². The molecule has 2 rings (SSSR count). The molecular weight excluding hydrogens is 643 g/mol. The fourth-order valence-electron chi connectivity index (χ4n) is 8.17. The molecule has 288 valence electrons. The van der Waals surface area contributed by atoms with Crippen LogP contribution < -0.4 is 5.32 Å². The molecule has 0 saturated carbocycles. The van der Waals surface area contributed by atoms with Crippen molar-refractivity contribution < 1.29 is 43.4 Å². The van der Waals surface area contributed by atoms with E-state index in [9.17, 15) is 29.2 Å². The van der Waals surface area contributed by atoms with Gasteiger partial charge in [0, 0.05) is 53.8 Å². The Morgan fingerprint density at radius 1 is 0.960 bits per heavy atom. The molecule has 0 aromatic rings. The van der Waals surface area contributed by atoms with Crippen LogP contribution in [0.2, 0.25) is 0 Å². The van der Waals surface area contributed by atoms with Crippen molar-refractivity contribution >= 4 is 30.6 Å². The molecule has 10 atom stereocenters. The van der Waals surface area contributed by atoms with E-state index in [1.807, 2.05) is 41.5 Å². The summed E-state index contributed by atoms with van der Waals surface area (Å²) in [6.45, 7) is 14.4. The maximum absolute atomic E-state index is 14.3. The van der Waals surface area contributed by atoms with Crippen LogP contribution in [0.1, 0.15) is 87.0 Å². The number of Topliss-reactive ketones (excluding diaryl/α,β-unsaturated/α-hetero) is 1. The van der Waals surface area contributed by atoms with Crippen molar-refractivity contribution in [1.29, 1.82) is 0 Å². The summed E-state index contributed by atoms with van der Waals surface area (Å²) in [5.74, 6) is -2.49. The van der Waals surface area contributed by atoms with E-state index in [0.29, 0.717) is 32.4 Å². The SMILES string of the molecule is CC[C@H](C)[C@@H]([C@@H](CC(=O)N1C[C@H](OC)C[C@H]1[C@H](OC)[C@@H](C)C(=O)N1CCC[C@H]1B(O)O)OC)N(C)C(=O)[C@@H](CC(=O)[C@@H](NC)C(C)C)C(C)C. The lowest BCUT2D eigenvalue weighted by molar-refractivity contribution is -0.150. The molecule has 2 heterocycles. The lowest BCUT2D eigenvalue weighted by atomic mass is 9.77. The summed E-state index contributed by atoms with van der Waals surface area (Å²) in [5.41, 5.74) is 0. The second-order valence-corrected chi connectivity index (χ2v) is 15.2. The first-order valence-corrected chi connectivity index (χ1v) is 18.5. The lowest BCUT2D eigenvalue weighted by Crippen LogP contribution is -2.55. The molecule has 13 nitrogen and oxygen atoms in total. The van der Waals surface area contributed by atoms with Crippen molar-refractivity contribution in [2.45, 2.75) is 129 Å². The van der Waals surface area contributed by atoms with Crippen LogP contribution in [0.25, 0.3) is 0 Å². The maximum Gasteiger partial charge on any atom is 0.475 e. The van der Waals surface area contributed by atoms with Crippen LogP contribution in [0, 0.1) is 29.6 Å². The normalized spacial score (nSPS) is 23.8. The molecule has 2 fully saturated rings. The number of likely N-dealkylation sites (N-methyl/N-ethyl adjacent to an activating group) is 2. The Balaban J connectivity index is 2.36. The van der Waals surface area contributed by atoms with Gasteiger partial charge in [-0.2, -0.15) is 0 Å². The first-order valence-electron chi connectivity index (χ1n) is 18.5. The van der Waals surface area contributed by atoms with Gasteiger partial charge in [-0.25, -0.2) is 0 Å². The summed E-state index contributed by atoms with van der Waals surface area (Å²) in [7, 11) is 6.54. The summed E-state index contributed by atoms with van der Waals surface area (Å²) in [4.78, 5) is 60.4. The average molecular weight is 711 g/mol. The smallest absolute Gasteiger partial charge is 0.426 e. The van der Waals surface area contributed by atoms with Crippen LogP contribution in [0.4, 0.5) is 0 Å². The highest BCUT2D eigenvalue weighted by molar-refractivity contribution is 6.43. The number of ether oxygens (including phenoxy) is 3. The predicted molar refractivity (Wildman–Crippen MR) is 193 cm³/mol. The quantitative estimate of drug-likeness (QED) is 0.160. The van der Waals surface area contributed by atoms with Gasteiger partial charge in [0.2, 0.25) is 17.7 Å². The highest BCUT2D eigenvalue weighted by Crippen LogP contribution is 2.33. The molecule has 0 aliphatic carbocycles. The van der Waals surface area contributed by atoms with Crippen molar-refractivity contribution in [3.8, 4) is 0 Å². The minimum atomic E-state index is -1.63. The van der Waals surface area contributed by atoms with Crippen LogP contribution >= 0.6 is 0 Å². The van der Waals surface area contributed by atoms with E-state index in [4.69, 9.17) is 14.2 Å². The van der Waals surface area contributed by atoms with Crippen molar-refractivity contribution in [2.75, 3.05) is 48.5 Å². The van der Waals surface area contributed by atoms with E-state index in [-0.39, 0.29) is 66.2 Å². The lowest BCUT2D eigenvalue weighted by Gasteiger charge is -2.41. The molecular formula is C36H67BN4O9. The first-order chi connectivity index (χ1) is 23.5. The number of hydrogen-bond acceptors (Lipinski definition) is 10. The number of hydrogen-bond donors (Lipinski definition) is 3. The van der Waals surface area contributed by atoms with Crippen LogP contribution in [0.15, 0.2) is 0 Å². The molecule has 0 spiro atoms. The molecule has 2 aliphatic rings. The van der Waals surface area contributed by atoms with Crippen molar-refractivity contribution in [3.63, 3.8) is 0 Å². The van der Waals surface area contributed by atoms with Gasteiger partial charge in [0.25, 0.3) is 0 Å². The van der Waals surface area contributed by atoms with Gasteiger partial charge < -0.3 is 44.3 Å². The molecule has 2 saturated heterocycles. The van der Waals surface area contributed by atoms with Crippen LogP contribution in [0.5, 0.6) is 0 Å². The van der Waals surface area contributed by atoms with E-state index in [2.05, 4.69) is 5.32 Å². The zero-order valence-corrected chi connectivity index (χ0v) is 32.8. The number of amides is 3. The Morgan fingerprint density at radius 3 is 2.08 bits per heavy atom. The second-order valence-electron chi connectivity index (χ2n) is 15.2. The van der Waals surface area contributed by atoms with Gasteiger partial charge in [-0.05, 0) is 44.1 Å². The third kappa shape index (κ3) is 10.5. The summed E-state index contributed by atoms with van der Waals surface area (Å²) < 4.78 is 17.7. The molecule has 0 unspecified atom stereocenters. The molecule has 50 heavy (non-hydrogen) atoms. The van der Waals surface area contributed by atoms with Gasteiger partial charge in [0.15, 0.2) is 5.78 Å². The number of rotatable bonds is 20. The number of likely N-dealkylation sites (tertiary alicyclic amines) is 2. The van der Waals surface area contributed by atoms with Crippen LogP contribution in [-0.4, -0.2) is 146 Å². The van der Waals surface area contributed by atoms with Gasteiger partial charge in [-0.15, -0.1) is 0 Å². The topological polar surface area (TPSA) is 158 Å². The van der Waals surface area contributed by atoms with E-state index in [0.717, 1.165) is 6.42 Å². The first kappa shape index (κ1) is 44.1. The maximum atomic E-state index is 14.3. The summed E-state index contributed by atoms with van der Waals surface area (Å²) in [6, 6.07) is -1.27. The largest absolute Gasteiger partial charge is 0.475 e. The number of carbonyl (C=O) groups excluding carboxylic acids is 4. The third-order valence-electron chi connectivity index (χ3n) is 11.4. The molecule has 0 aromatic carbocycles. The Bertz CT molecular complexity index is 1110. The number of carbonyl (C=O) groups is 4. The van der Waals surface area contributed by atoms with Crippen LogP contribution in [0.3, 0.4) is 0 Å². The van der Waals surface area contributed by atoms with Gasteiger partial charge in [-0.1, -0.05) is 54.9 Å². The predicted octanol–water partition coefficient (Wildman–Crippen LogP) is 2.01. The van der Waals surface area contributed by atoms with Gasteiger partial charge in [0.1, 0.15) is 0 Å². The van der Waals surface area contributed by atoms with Gasteiger partial charge in [0.05, 0.1) is 54.7 Å². The fourth-order valence-corrected chi connectivity index (χ4v) is 8.17. The zero-order valence-electron chi connectivity index (χ0n) is 32.8. The van der Waals surface area contributed by atoms with Crippen molar-refractivity contribution in [2.24, 2.45) is 29.6 Å². The Morgan fingerprint density at radius 2 is 1.60 bits per heavy atom. The summed E-state index contributed by atoms with van der Waals surface area (Å²) in [6.07, 6.45) is 0.896. The molecule has 0 bridgehead atoms.